The standard InChI is InChI=1S/C11H14N3O2S/c1-14(2)8-7-12-11-9-5-3-4-6-10(9)17(15,16)13-11/h3-6H,7-8H2,1-2H3/q-1/p+1. The molecule has 0 aromatic heterocycles. The largest absolute Gasteiger partial charge is 0.459 e. The molecule has 1 aliphatic heterocycles. The third-order valence-corrected chi connectivity index (χ3v) is 3.81. The Balaban J connectivity index is 2.20. The van der Waals surface area contributed by atoms with Gasteiger partial charge >= 0.3 is 0 Å². The van der Waals surface area contributed by atoms with Gasteiger partial charge in [0.1, 0.15) is 0 Å². The lowest BCUT2D eigenvalue weighted by Crippen LogP contribution is -3.06. The highest BCUT2D eigenvalue weighted by Gasteiger charge is 2.19. The van der Waals surface area contributed by atoms with Crippen LogP contribution >= 0.6 is 0 Å². The zero-order valence-corrected chi connectivity index (χ0v) is 10.7. The average molecular weight is 253 g/mol. The Bertz CT molecular complexity index is 550. The van der Waals surface area contributed by atoms with Crippen molar-refractivity contribution >= 4 is 15.9 Å². The molecule has 92 valence electrons. The minimum Gasteiger partial charge on any atom is -0.459 e. The molecule has 1 heterocycles. The number of quaternary nitrogens is 1. The molecule has 0 saturated heterocycles. The van der Waals surface area contributed by atoms with Gasteiger partial charge in [-0.15, -0.1) is 0 Å². The molecule has 0 amide bonds. The summed E-state index contributed by atoms with van der Waals surface area (Å²) in [6.45, 7) is 1.42. The van der Waals surface area contributed by atoms with E-state index in [0.717, 1.165) is 6.54 Å². The van der Waals surface area contributed by atoms with Crippen molar-refractivity contribution in [2.24, 2.45) is 4.40 Å². The molecule has 0 saturated carbocycles. The van der Waals surface area contributed by atoms with Crippen LogP contribution in [-0.4, -0.2) is 41.4 Å². The summed E-state index contributed by atoms with van der Waals surface area (Å²) in [5, 5.41) is 4.25. The van der Waals surface area contributed by atoms with Crippen molar-refractivity contribution in [2.45, 2.75) is 4.90 Å². The van der Waals surface area contributed by atoms with E-state index in [9.17, 15) is 8.42 Å². The number of hydrogen-bond donors (Lipinski definition) is 1. The summed E-state index contributed by atoms with van der Waals surface area (Å²) in [6, 6.07) is 6.79. The number of sulfonamides is 1. The predicted octanol–water partition coefficient (Wildman–Crippen LogP) is -0.346. The van der Waals surface area contributed by atoms with Gasteiger partial charge in [-0.1, -0.05) is 18.2 Å². The van der Waals surface area contributed by atoms with Crippen molar-refractivity contribution < 1.29 is 13.3 Å². The third-order valence-electron chi connectivity index (χ3n) is 2.49. The monoisotopic (exact) mass is 253 g/mol. The van der Waals surface area contributed by atoms with Crippen LogP contribution in [0.15, 0.2) is 33.6 Å². The number of fused-ring (bicyclic) bond motifs is 1. The molecule has 0 fully saturated rings. The van der Waals surface area contributed by atoms with Crippen LogP contribution in [0.4, 0.5) is 0 Å². The summed E-state index contributed by atoms with van der Waals surface area (Å²) >= 11 is 0. The van der Waals surface area contributed by atoms with Crippen molar-refractivity contribution in [3.05, 3.63) is 35.1 Å². The van der Waals surface area contributed by atoms with Crippen LogP contribution in [-0.2, 0) is 10.0 Å². The van der Waals surface area contributed by atoms with Crippen LogP contribution < -0.4 is 4.90 Å². The van der Waals surface area contributed by atoms with Crippen molar-refractivity contribution in [3.63, 3.8) is 0 Å². The van der Waals surface area contributed by atoms with E-state index in [4.69, 9.17) is 0 Å². The molecule has 17 heavy (non-hydrogen) atoms. The first kappa shape index (κ1) is 12.1. The van der Waals surface area contributed by atoms with Crippen molar-refractivity contribution in [1.82, 2.24) is 0 Å². The highest BCUT2D eigenvalue weighted by atomic mass is 32.2. The first-order valence-electron chi connectivity index (χ1n) is 5.41. The zero-order chi connectivity index (χ0) is 12.5. The number of rotatable bonds is 3. The number of nitrogens with one attached hydrogen (secondary N) is 1. The maximum absolute atomic E-state index is 11.7. The Morgan fingerprint density at radius 3 is 2.71 bits per heavy atom. The van der Waals surface area contributed by atoms with E-state index in [1.807, 2.05) is 14.1 Å². The highest BCUT2D eigenvalue weighted by molar-refractivity contribution is 7.90. The third kappa shape index (κ3) is 2.48. The van der Waals surface area contributed by atoms with E-state index in [0.29, 0.717) is 17.9 Å². The van der Waals surface area contributed by atoms with Gasteiger partial charge in [0.15, 0.2) is 0 Å². The SMILES string of the molecule is C[NH+](C)CC[N-]C1=NS(=O)(=O)c2ccccc21. The summed E-state index contributed by atoms with van der Waals surface area (Å²) in [5.74, 6) is 0.335. The maximum Gasteiger partial charge on any atom is 0.202 e. The molecular formula is C11H15N3O2S. The molecule has 1 aromatic rings. The van der Waals surface area contributed by atoms with Gasteiger partial charge in [0, 0.05) is 0 Å². The summed E-state index contributed by atoms with van der Waals surface area (Å²) in [4.78, 5) is 1.53. The maximum atomic E-state index is 11.7. The summed E-state index contributed by atoms with van der Waals surface area (Å²) in [7, 11) is 0.531. The van der Waals surface area contributed by atoms with Gasteiger partial charge in [0.05, 0.1) is 25.5 Å². The molecule has 6 heteroatoms. The fourth-order valence-electron chi connectivity index (χ4n) is 1.59. The lowest BCUT2D eigenvalue weighted by Gasteiger charge is -2.15. The summed E-state index contributed by atoms with van der Waals surface area (Å²) in [5.41, 5.74) is 0.612. The average Bonchev–Trinajstić information content (AvgIpc) is 2.51. The molecule has 0 bridgehead atoms. The Morgan fingerprint density at radius 2 is 2.00 bits per heavy atom. The van der Waals surface area contributed by atoms with Crippen LogP contribution in [0.2, 0.25) is 0 Å². The molecule has 1 aliphatic rings. The van der Waals surface area contributed by atoms with E-state index in [2.05, 4.69) is 9.71 Å². The van der Waals surface area contributed by atoms with Crippen molar-refractivity contribution in [1.29, 1.82) is 0 Å². The Labute approximate surface area is 101 Å². The van der Waals surface area contributed by atoms with E-state index >= 15 is 0 Å². The fourth-order valence-corrected chi connectivity index (χ4v) is 2.76. The van der Waals surface area contributed by atoms with E-state index < -0.39 is 10.0 Å². The summed E-state index contributed by atoms with van der Waals surface area (Å²) < 4.78 is 27.1. The zero-order valence-electron chi connectivity index (χ0n) is 9.84. The van der Waals surface area contributed by atoms with Crippen LogP contribution in [0.25, 0.3) is 5.32 Å². The quantitative estimate of drug-likeness (QED) is 0.800. The lowest BCUT2D eigenvalue weighted by molar-refractivity contribution is -0.856. The Hall–Kier alpha value is -1.40. The van der Waals surface area contributed by atoms with E-state index in [-0.39, 0.29) is 4.90 Å². The number of amidine groups is 1. The van der Waals surface area contributed by atoms with Gasteiger partial charge in [-0.05, 0) is 24.0 Å². The molecule has 1 N–H and O–H groups in total. The molecule has 1 aromatic carbocycles. The first-order valence-corrected chi connectivity index (χ1v) is 6.85. The van der Waals surface area contributed by atoms with Crippen molar-refractivity contribution in [3.8, 4) is 0 Å². The second kappa shape index (κ2) is 4.46. The number of likely N-dealkylation sites (N-methyl/N-ethyl adjacent to an activating group) is 1. The Morgan fingerprint density at radius 1 is 1.29 bits per heavy atom. The summed E-state index contributed by atoms with van der Waals surface area (Å²) in [6.07, 6.45) is 0. The molecule has 0 unspecified atom stereocenters. The van der Waals surface area contributed by atoms with Gasteiger partial charge in [0.2, 0.25) is 10.0 Å². The van der Waals surface area contributed by atoms with Gasteiger partial charge < -0.3 is 14.6 Å². The highest BCUT2D eigenvalue weighted by Crippen LogP contribution is 2.27. The van der Waals surface area contributed by atoms with Gasteiger partial charge in [-0.25, -0.2) is 8.42 Å². The van der Waals surface area contributed by atoms with E-state index in [1.165, 1.54) is 4.90 Å². The number of nitrogens with zero attached hydrogens (tertiary/aromatic N) is 2. The Kier molecular flexibility index (Phi) is 3.17. The smallest absolute Gasteiger partial charge is 0.202 e. The number of benzene rings is 1. The lowest BCUT2D eigenvalue weighted by atomic mass is 10.2. The predicted molar refractivity (Wildman–Crippen MR) is 66.1 cm³/mol. The normalized spacial score (nSPS) is 16.8. The van der Waals surface area contributed by atoms with Crippen LogP contribution in [0.3, 0.4) is 0 Å². The van der Waals surface area contributed by atoms with Crippen LogP contribution in [0.5, 0.6) is 0 Å². The molecule has 2 rings (SSSR count). The van der Waals surface area contributed by atoms with Crippen LogP contribution in [0.1, 0.15) is 5.56 Å². The molecular weight excluding hydrogens is 238 g/mol. The number of hydrogen-bond acceptors (Lipinski definition) is 2. The topological polar surface area (TPSA) is 65.0 Å². The fraction of sp³-hybridized carbons (Fsp3) is 0.364. The second-order valence-electron chi connectivity index (χ2n) is 4.22. The molecule has 0 spiro atoms. The van der Waals surface area contributed by atoms with E-state index in [1.54, 1.807) is 24.3 Å². The second-order valence-corrected chi connectivity index (χ2v) is 5.80. The molecule has 0 atom stereocenters. The van der Waals surface area contributed by atoms with Crippen molar-refractivity contribution in [2.75, 3.05) is 27.2 Å². The van der Waals surface area contributed by atoms with Gasteiger partial charge in [-0.3, -0.25) is 0 Å². The van der Waals surface area contributed by atoms with Crippen LogP contribution in [0, 0.1) is 0 Å². The van der Waals surface area contributed by atoms with Gasteiger partial charge in [0.25, 0.3) is 0 Å². The minimum atomic E-state index is -3.52. The molecule has 0 radical (unpaired) electrons. The molecule has 5 nitrogen and oxygen atoms in total. The minimum absolute atomic E-state index is 0.260. The van der Waals surface area contributed by atoms with Gasteiger partial charge in [-0.2, -0.15) is 0 Å². The molecule has 0 aliphatic carbocycles. The first-order chi connectivity index (χ1) is 8.00.